The van der Waals surface area contributed by atoms with Crippen molar-refractivity contribution in [3.63, 3.8) is 0 Å². The number of benzene rings is 2. The Kier molecular flexibility index (Phi) is 5.15. The van der Waals surface area contributed by atoms with Crippen LogP contribution < -0.4 is 5.32 Å². The van der Waals surface area contributed by atoms with Crippen LogP contribution in [0.5, 0.6) is 0 Å². The Morgan fingerprint density at radius 3 is 2.80 bits per heavy atom. The highest BCUT2D eigenvalue weighted by Crippen LogP contribution is 2.37. The number of carbonyl (C=O) groups is 1. The number of nitro groups is 1. The number of esters is 1. The molecule has 1 aromatic heterocycles. The highest BCUT2D eigenvalue weighted by Gasteiger charge is 2.36. The number of halogens is 1. The van der Waals surface area contributed by atoms with Crippen LogP contribution in [-0.4, -0.2) is 31.1 Å². The SMILES string of the molecule is CC1=C(C(=O)OCc2ccccc2)[C@@H](c2ccc(Cl)c([N+](=O)[O-])c2)n2nnnc2N1. The van der Waals surface area contributed by atoms with Crippen LogP contribution in [0.4, 0.5) is 11.6 Å². The van der Waals surface area contributed by atoms with Crippen molar-refractivity contribution in [2.75, 3.05) is 5.32 Å². The van der Waals surface area contributed by atoms with E-state index in [2.05, 4.69) is 20.8 Å². The highest BCUT2D eigenvalue weighted by molar-refractivity contribution is 6.32. The minimum atomic E-state index is -0.824. The van der Waals surface area contributed by atoms with Crippen molar-refractivity contribution in [3.8, 4) is 0 Å². The highest BCUT2D eigenvalue weighted by atomic mass is 35.5. The Bertz CT molecular complexity index is 1160. The van der Waals surface area contributed by atoms with E-state index in [1.807, 2.05) is 30.3 Å². The third kappa shape index (κ3) is 3.60. The summed E-state index contributed by atoms with van der Waals surface area (Å²) in [5.74, 6) is -0.290. The molecule has 4 rings (SSSR count). The molecule has 0 saturated heterocycles. The number of tetrazole rings is 1. The van der Waals surface area contributed by atoms with Gasteiger partial charge in [-0.25, -0.2) is 4.79 Å². The van der Waals surface area contributed by atoms with Crippen LogP contribution in [0.3, 0.4) is 0 Å². The maximum absolute atomic E-state index is 13.0. The lowest BCUT2D eigenvalue weighted by Gasteiger charge is -2.27. The molecule has 30 heavy (non-hydrogen) atoms. The van der Waals surface area contributed by atoms with Crippen molar-refractivity contribution < 1.29 is 14.5 Å². The number of fused-ring (bicyclic) bond motifs is 1. The van der Waals surface area contributed by atoms with Gasteiger partial charge in [-0.2, -0.15) is 4.68 Å². The van der Waals surface area contributed by atoms with E-state index in [1.165, 1.54) is 16.8 Å². The molecule has 3 aromatic rings. The number of nitrogens with one attached hydrogen (secondary N) is 1. The van der Waals surface area contributed by atoms with E-state index in [0.717, 1.165) is 5.56 Å². The fourth-order valence-electron chi connectivity index (χ4n) is 3.23. The number of carbonyl (C=O) groups excluding carboxylic acids is 1. The van der Waals surface area contributed by atoms with Gasteiger partial charge in [0.2, 0.25) is 5.95 Å². The van der Waals surface area contributed by atoms with E-state index in [9.17, 15) is 14.9 Å². The van der Waals surface area contributed by atoms with Crippen molar-refractivity contribution >= 4 is 29.2 Å². The zero-order chi connectivity index (χ0) is 21.3. The van der Waals surface area contributed by atoms with E-state index in [0.29, 0.717) is 17.2 Å². The third-order valence-corrected chi connectivity index (χ3v) is 4.95. The molecule has 1 N–H and O–H groups in total. The Hall–Kier alpha value is -3.79. The minimum Gasteiger partial charge on any atom is -0.457 e. The Morgan fingerprint density at radius 1 is 1.30 bits per heavy atom. The van der Waals surface area contributed by atoms with Crippen LogP contribution in [0.15, 0.2) is 59.8 Å². The molecule has 0 spiro atoms. The zero-order valence-electron chi connectivity index (χ0n) is 15.7. The van der Waals surface area contributed by atoms with Crippen molar-refractivity contribution in [1.82, 2.24) is 20.2 Å². The van der Waals surface area contributed by atoms with Gasteiger partial charge < -0.3 is 10.1 Å². The fraction of sp³-hybridized carbons (Fsp3) is 0.158. The number of nitrogens with zero attached hydrogens (tertiary/aromatic N) is 5. The lowest BCUT2D eigenvalue weighted by Crippen LogP contribution is -2.29. The summed E-state index contributed by atoms with van der Waals surface area (Å²) in [5, 5.41) is 25.8. The lowest BCUT2D eigenvalue weighted by molar-refractivity contribution is -0.384. The number of allylic oxidation sites excluding steroid dienone is 1. The number of aromatic nitrogens is 4. The molecule has 0 unspecified atom stereocenters. The second-order valence-electron chi connectivity index (χ2n) is 6.54. The average molecular weight is 427 g/mol. The molecule has 2 heterocycles. The molecule has 10 nitrogen and oxygen atoms in total. The van der Waals surface area contributed by atoms with E-state index in [4.69, 9.17) is 16.3 Å². The normalized spacial score (nSPS) is 15.3. The van der Waals surface area contributed by atoms with Crippen LogP contribution >= 0.6 is 11.6 Å². The van der Waals surface area contributed by atoms with Gasteiger partial charge in [-0.1, -0.05) is 53.1 Å². The molecule has 2 aromatic carbocycles. The molecule has 11 heteroatoms. The van der Waals surface area contributed by atoms with Crippen molar-refractivity contribution in [3.05, 3.63) is 86.1 Å². The van der Waals surface area contributed by atoms with Crippen molar-refractivity contribution in [2.45, 2.75) is 19.6 Å². The van der Waals surface area contributed by atoms with Gasteiger partial charge in [0.1, 0.15) is 17.7 Å². The Morgan fingerprint density at radius 2 is 2.07 bits per heavy atom. The summed E-state index contributed by atoms with van der Waals surface area (Å²) >= 11 is 5.95. The van der Waals surface area contributed by atoms with Crippen LogP contribution in [0.1, 0.15) is 24.1 Å². The largest absolute Gasteiger partial charge is 0.457 e. The predicted molar refractivity (Wildman–Crippen MR) is 107 cm³/mol. The molecule has 0 bridgehead atoms. The topological polar surface area (TPSA) is 125 Å². The van der Waals surface area contributed by atoms with E-state index < -0.39 is 16.9 Å². The third-order valence-electron chi connectivity index (χ3n) is 4.63. The van der Waals surface area contributed by atoms with Crippen LogP contribution in [-0.2, 0) is 16.1 Å². The second-order valence-corrected chi connectivity index (χ2v) is 6.95. The van der Waals surface area contributed by atoms with Gasteiger partial charge >= 0.3 is 5.97 Å². The first-order valence-corrected chi connectivity index (χ1v) is 9.24. The molecular weight excluding hydrogens is 412 g/mol. The van der Waals surface area contributed by atoms with Gasteiger partial charge in [-0.3, -0.25) is 10.1 Å². The van der Waals surface area contributed by atoms with E-state index >= 15 is 0 Å². The summed E-state index contributed by atoms with van der Waals surface area (Å²) < 4.78 is 6.88. The van der Waals surface area contributed by atoms with Gasteiger partial charge in [-0.05, 0) is 34.5 Å². The monoisotopic (exact) mass is 426 g/mol. The van der Waals surface area contributed by atoms with Gasteiger partial charge in [0.15, 0.2) is 0 Å². The smallest absolute Gasteiger partial charge is 0.338 e. The molecule has 152 valence electrons. The van der Waals surface area contributed by atoms with Gasteiger partial charge in [-0.15, -0.1) is 0 Å². The number of rotatable bonds is 5. The maximum atomic E-state index is 13.0. The van der Waals surface area contributed by atoms with Crippen LogP contribution in [0, 0.1) is 10.1 Å². The van der Waals surface area contributed by atoms with E-state index in [-0.39, 0.29) is 22.9 Å². The number of hydrogen-bond acceptors (Lipinski definition) is 8. The molecular formula is C19H15ClN6O4. The summed E-state index contributed by atoms with van der Waals surface area (Å²) in [6.07, 6.45) is 0. The summed E-state index contributed by atoms with van der Waals surface area (Å²) in [6.45, 7) is 1.76. The van der Waals surface area contributed by atoms with Gasteiger partial charge in [0, 0.05) is 11.8 Å². The summed E-state index contributed by atoms with van der Waals surface area (Å²) in [6, 6.07) is 12.7. The minimum absolute atomic E-state index is 0.0106. The van der Waals surface area contributed by atoms with Crippen LogP contribution in [0.2, 0.25) is 5.02 Å². The first-order chi connectivity index (χ1) is 14.5. The molecule has 0 saturated carbocycles. The number of hydrogen-bond donors (Lipinski definition) is 1. The maximum Gasteiger partial charge on any atom is 0.338 e. The molecule has 1 aliphatic heterocycles. The van der Waals surface area contributed by atoms with Crippen molar-refractivity contribution in [2.24, 2.45) is 0 Å². The number of anilines is 1. The Labute approximate surface area is 175 Å². The standard InChI is InChI=1S/C19H15ClN6O4/c1-11-16(18(27)30-10-12-5-3-2-4-6-12)17(25-19(21-11)22-23-24-25)13-7-8-14(20)15(9-13)26(28)29/h2-9,17H,10H2,1H3,(H,21,22,24)/t17-/m1/s1. The first kappa shape index (κ1) is 19.5. The first-order valence-electron chi connectivity index (χ1n) is 8.86. The summed E-state index contributed by atoms with van der Waals surface area (Å²) in [4.78, 5) is 23.8. The van der Waals surface area contributed by atoms with E-state index in [1.54, 1.807) is 13.0 Å². The molecule has 0 amide bonds. The molecule has 0 fully saturated rings. The van der Waals surface area contributed by atoms with Gasteiger partial charge in [0.25, 0.3) is 5.69 Å². The molecule has 0 radical (unpaired) electrons. The number of ether oxygens (including phenoxy) is 1. The quantitative estimate of drug-likeness (QED) is 0.374. The van der Waals surface area contributed by atoms with Crippen molar-refractivity contribution in [1.29, 1.82) is 0 Å². The zero-order valence-corrected chi connectivity index (χ0v) is 16.4. The molecule has 0 aliphatic carbocycles. The molecule has 1 atom stereocenters. The average Bonchev–Trinajstić information content (AvgIpc) is 3.20. The summed E-state index contributed by atoms with van der Waals surface area (Å²) in [5.41, 5.74) is 1.69. The lowest BCUT2D eigenvalue weighted by atomic mass is 9.95. The fourth-order valence-corrected chi connectivity index (χ4v) is 3.41. The Balaban J connectivity index is 1.73. The number of nitro benzene ring substituents is 1. The predicted octanol–water partition coefficient (Wildman–Crippen LogP) is 3.27. The summed E-state index contributed by atoms with van der Waals surface area (Å²) in [7, 11) is 0. The molecule has 1 aliphatic rings. The van der Waals surface area contributed by atoms with Gasteiger partial charge in [0.05, 0.1) is 10.5 Å². The van der Waals surface area contributed by atoms with Crippen LogP contribution in [0.25, 0.3) is 0 Å². The second kappa shape index (κ2) is 7.91.